The van der Waals surface area contributed by atoms with Gasteiger partial charge in [-0.25, -0.2) is 13.1 Å². The van der Waals surface area contributed by atoms with Crippen LogP contribution in [-0.4, -0.2) is 41.3 Å². The lowest BCUT2D eigenvalue weighted by atomic mass is 10.1. The quantitative estimate of drug-likeness (QED) is 0.576. The molecule has 0 aliphatic rings. The second-order valence-corrected chi connectivity index (χ2v) is 5.82. The lowest BCUT2D eigenvalue weighted by Crippen LogP contribution is -2.34. The van der Waals surface area contributed by atoms with Crippen molar-refractivity contribution in [2.24, 2.45) is 0 Å². The number of benzene rings is 1. The van der Waals surface area contributed by atoms with Crippen LogP contribution in [0.1, 0.15) is 23.7 Å². The molecule has 0 saturated carbocycles. The molecule has 0 aliphatic heterocycles. The van der Waals surface area contributed by atoms with Gasteiger partial charge in [0.15, 0.2) is 12.1 Å². The van der Waals surface area contributed by atoms with E-state index in [1.54, 1.807) is 19.1 Å². The summed E-state index contributed by atoms with van der Waals surface area (Å²) in [6, 6.07) is 5.94. The molecule has 6 nitrogen and oxygen atoms in total. The van der Waals surface area contributed by atoms with Gasteiger partial charge in [-0.3, -0.25) is 4.79 Å². The van der Waals surface area contributed by atoms with Crippen molar-refractivity contribution in [1.82, 2.24) is 4.72 Å². The lowest BCUT2D eigenvalue weighted by molar-refractivity contribution is -0.0960. The summed E-state index contributed by atoms with van der Waals surface area (Å²) in [6.07, 6.45) is -0.336. The summed E-state index contributed by atoms with van der Waals surface area (Å²) < 4.78 is 36.4. The largest absolute Gasteiger partial charge is 0.355 e. The number of carbonyl (C=O) groups is 1. The maximum atomic E-state index is 12.1. The molecular weight excluding hydrogens is 282 g/mol. The number of hydrogen-bond acceptors (Lipinski definition) is 5. The van der Waals surface area contributed by atoms with Gasteiger partial charge in [0.05, 0.1) is 11.4 Å². The third-order valence-corrected chi connectivity index (χ3v) is 4.17. The average Bonchev–Trinajstić information content (AvgIpc) is 2.47. The zero-order valence-electron chi connectivity index (χ0n) is 11.8. The molecule has 0 saturated heterocycles. The van der Waals surface area contributed by atoms with Crippen LogP contribution in [0, 0.1) is 0 Å². The SMILES string of the molecule is CCC(=O)c1cccc(S(=O)(=O)NCC(OC)OC)c1. The van der Waals surface area contributed by atoms with E-state index in [0.29, 0.717) is 12.0 Å². The van der Waals surface area contributed by atoms with E-state index >= 15 is 0 Å². The highest BCUT2D eigenvalue weighted by molar-refractivity contribution is 7.89. The summed E-state index contributed by atoms with van der Waals surface area (Å²) in [5, 5.41) is 0. The monoisotopic (exact) mass is 301 g/mol. The van der Waals surface area contributed by atoms with Crippen LogP contribution in [0.15, 0.2) is 29.2 Å². The third-order valence-electron chi connectivity index (χ3n) is 2.75. The predicted octanol–water partition coefficient (Wildman–Crippen LogP) is 1.18. The number of sulfonamides is 1. The lowest BCUT2D eigenvalue weighted by Gasteiger charge is -2.14. The van der Waals surface area contributed by atoms with E-state index in [1.807, 2.05) is 0 Å². The fraction of sp³-hybridized carbons (Fsp3) is 0.462. The predicted molar refractivity (Wildman–Crippen MR) is 74.1 cm³/mol. The molecule has 0 radical (unpaired) electrons. The summed E-state index contributed by atoms with van der Waals surface area (Å²) >= 11 is 0. The Morgan fingerprint density at radius 1 is 1.30 bits per heavy atom. The van der Waals surface area contributed by atoms with Gasteiger partial charge in [0.1, 0.15) is 0 Å². The molecule has 0 heterocycles. The van der Waals surface area contributed by atoms with E-state index in [2.05, 4.69) is 4.72 Å². The van der Waals surface area contributed by atoms with E-state index in [1.165, 1.54) is 26.4 Å². The van der Waals surface area contributed by atoms with E-state index in [4.69, 9.17) is 9.47 Å². The summed E-state index contributed by atoms with van der Waals surface area (Å²) in [4.78, 5) is 11.6. The minimum atomic E-state index is -3.70. The van der Waals surface area contributed by atoms with Crippen molar-refractivity contribution in [2.75, 3.05) is 20.8 Å². The summed E-state index contributed by atoms with van der Waals surface area (Å²) in [5.41, 5.74) is 0.380. The molecule has 20 heavy (non-hydrogen) atoms. The van der Waals surface area contributed by atoms with Crippen LogP contribution < -0.4 is 4.72 Å². The fourth-order valence-corrected chi connectivity index (χ4v) is 2.63. The van der Waals surface area contributed by atoms with Crippen molar-refractivity contribution in [3.63, 3.8) is 0 Å². The molecule has 0 aliphatic carbocycles. The Bertz CT molecular complexity index is 552. The first kappa shape index (κ1) is 16.8. The van der Waals surface area contributed by atoms with Crippen molar-refractivity contribution in [1.29, 1.82) is 0 Å². The van der Waals surface area contributed by atoms with Crippen molar-refractivity contribution in [3.05, 3.63) is 29.8 Å². The molecule has 0 fully saturated rings. The van der Waals surface area contributed by atoms with Gasteiger partial charge in [-0.05, 0) is 12.1 Å². The van der Waals surface area contributed by atoms with Gasteiger partial charge in [-0.2, -0.15) is 0 Å². The van der Waals surface area contributed by atoms with Gasteiger partial charge < -0.3 is 9.47 Å². The van der Waals surface area contributed by atoms with E-state index in [9.17, 15) is 13.2 Å². The number of nitrogens with one attached hydrogen (secondary N) is 1. The highest BCUT2D eigenvalue weighted by Crippen LogP contribution is 2.13. The Balaban J connectivity index is 2.90. The van der Waals surface area contributed by atoms with Crippen LogP contribution in [0.25, 0.3) is 0 Å². The Morgan fingerprint density at radius 3 is 2.50 bits per heavy atom. The number of Topliss-reactive ketones (excluding diaryl/α,β-unsaturated/α-hetero) is 1. The van der Waals surface area contributed by atoms with Crippen molar-refractivity contribution >= 4 is 15.8 Å². The maximum Gasteiger partial charge on any atom is 0.240 e. The smallest absolute Gasteiger partial charge is 0.240 e. The molecule has 1 rings (SSSR count). The third kappa shape index (κ3) is 4.38. The van der Waals surface area contributed by atoms with Crippen LogP contribution in [0.2, 0.25) is 0 Å². The molecule has 0 bridgehead atoms. The fourth-order valence-electron chi connectivity index (χ4n) is 1.56. The van der Waals surface area contributed by atoms with Gasteiger partial charge >= 0.3 is 0 Å². The molecule has 0 unspecified atom stereocenters. The number of ketones is 1. The van der Waals surface area contributed by atoms with Crippen LogP contribution in [0.4, 0.5) is 0 Å². The van der Waals surface area contributed by atoms with Gasteiger partial charge in [-0.15, -0.1) is 0 Å². The Morgan fingerprint density at radius 2 is 1.95 bits per heavy atom. The van der Waals surface area contributed by atoms with Gasteiger partial charge in [0, 0.05) is 26.2 Å². The Labute approximate surface area is 119 Å². The van der Waals surface area contributed by atoms with E-state index in [-0.39, 0.29) is 17.2 Å². The number of methoxy groups -OCH3 is 2. The topological polar surface area (TPSA) is 81.7 Å². The van der Waals surface area contributed by atoms with Crippen molar-refractivity contribution in [3.8, 4) is 0 Å². The molecular formula is C13H19NO5S. The molecule has 0 aromatic heterocycles. The van der Waals surface area contributed by atoms with Crippen molar-refractivity contribution in [2.45, 2.75) is 24.5 Å². The highest BCUT2D eigenvalue weighted by Gasteiger charge is 2.17. The van der Waals surface area contributed by atoms with E-state index in [0.717, 1.165) is 0 Å². The highest BCUT2D eigenvalue weighted by atomic mass is 32.2. The minimum absolute atomic E-state index is 0.0126. The second kappa shape index (κ2) is 7.49. The summed E-state index contributed by atoms with van der Waals surface area (Å²) in [7, 11) is -0.863. The zero-order valence-corrected chi connectivity index (χ0v) is 12.6. The maximum absolute atomic E-state index is 12.1. The molecule has 0 atom stereocenters. The Hall–Kier alpha value is -1.28. The van der Waals surface area contributed by atoms with Crippen LogP contribution >= 0.6 is 0 Å². The standard InChI is InChI=1S/C13H19NO5S/c1-4-12(15)10-6-5-7-11(8-10)20(16,17)14-9-13(18-2)19-3/h5-8,13-14H,4,9H2,1-3H3. The second-order valence-electron chi connectivity index (χ2n) is 4.06. The van der Waals surface area contributed by atoms with Crippen LogP contribution in [0.3, 0.4) is 0 Å². The van der Waals surface area contributed by atoms with Gasteiger partial charge in [-0.1, -0.05) is 19.1 Å². The Kier molecular flexibility index (Phi) is 6.28. The molecule has 1 N–H and O–H groups in total. The average molecular weight is 301 g/mol. The first-order valence-electron chi connectivity index (χ1n) is 6.13. The van der Waals surface area contributed by atoms with Crippen LogP contribution in [-0.2, 0) is 19.5 Å². The minimum Gasteiger partial charge on any atom is -0.355 e. The van der Waals surface area contributed by atoms with Gasteiger partial charge in [0.2, 0.25) is 10.0 Å². The zero-order chi connectivity index (χ0) is 15.2. The molecule has 1 aromatic rings. The first-order chi connectivity index (χ1) is 9.44. The normalized spacial score (nSPS) is 11.8. The van der Waals surface area contributed by atoms with E-state index < -0.39 is 16.3 Å². The number of carbonyl (C=O) groups excluding carboxylic acids is 1. The molecule has 1 aromatic carbocycles. The number of hydrogen-bond donors (Lipinski definition) is 1. The summed E-state index contributed by atoms with van der Waals surface area (Å²) in [6.45, 7) is 1.71. The first-order valence-corrected chi connectivity index (χ1v) is 7.61. The van der Waals surface area contributed by atoms with Crippen molar-refractivity contribution < 1.29 is 22.7 Å². The van der Waals surface area contributed by atoms with Gasteiger partial charge in [0.25, 0.3) is 0 Å². The summed E-state index contributed by atoms with van der Waals surface area (Å²) in [5.74, 6) is -0.103. The molecule has 0 amide bonds. The number of ether oxygens (including phenoxy) is 2. The van der Waals surface area contributed by atoms with Crippen LogP contribution in [0.5, 0.6) is 0 Å². The molecule has 7 heteroatoms. The molecule has 112 valence electrons. The number of rotatable bonds is 8. The molecule has 0 spiro atoms.